The number of aromatic amines is 1. The fourth-order valence-electron chi connectivity index (χ4n) is 5.17. The molecule has 1 heterocycles. The highest BCUT2D eigenvalue weighted by Crippen LogP contribution is 2.19. The summed E-state index contributed by atoms with van der Waals surface area (Å²) in [5.41, 5.74) is 1.46. The summed E-state index contributed by atoms with van der Waals surface area (Å²) in [4.78, 5) is 71.6. The lowest BCUT2D eigenvalue weighted by Crippen LogP contribution is -2.44. The molecule has 4 rings (SSSR count). The highest BCUT2D eigenvalue weighted by atomic mass is 16.6. The summed E-state index contributed by atoms with van der Waals surface area (Å²) in [5, 5.41) is 35.6. The molecule has 7 N–H and O–H groups in total. The van der Waals surface area contributed by atoms with Gasteiger partial charge in [-0.1, -0.05) is 78.9 Å². The highest BCUT2D eigenvalue weighted by molar-refractivity contribution is 5.86. The molecular weight excluding hydrogens is 776 g/mol. The Morgan fingerprint density at radius 1 is 0.500 bits per heavy atom. The second kappa shape index (κ2) is 22.5. The minimum absolute atomic E-state index is 0.179. The van der Waals surface area contributed by atoms with Crippen molar-refractivity contribution in [2.75, 3.05) is 0 Å². The fraction of sp³-hybridized carbons (Fsp3) is 0.409. The fourth-order valence-corrected chi connectivity index (χ4v) is 5.17. The molecule has 0 unspecified atom stereocenters. The van der Waals surface area contributed by atoms with E-state index in [-0.39, 0.29) is 19.3 Å². The van der Waals surface area contributed by atoms with Crippen LogP contribution in [0.3, 0.4) is 0 Å². The van der Waals surface area contributed by atoms with Crippen LogP contribution in [-0.2, 0) is 47.9 Å². The Morgan fingerprint density at radius 2 is 0.817 bits per heavy atom. The number of amides is 3. The molecule has 0 aliphatic rings. The Labute approximate surface area is 350 Å². The molecule has 3 aromatic carbocycles. The second-order valence-corrected chi connectivity index (χ2v) is 16.6. The molecule has 16 heteroatoms. The van der Waals surface area contributed by atoms with Gasteiger partial charge in [-0.3, -0.25) is 0 Å². The van der Waals surface area contributed by atoms with Crippen LogP contribution in [0.4, 0.5) is 14.4 Å². The van der Waals surface area contributed by atoms with Gasteiger partial charge in [-0.25, -0.2) is 28.8 Å². The zero-order valence-electron chi connectivity index (χ0n) is 35.5. The van der Waals surface area contributed by atoms with Gasteiger partial charge >= 0.3 is 36.2 Å². The van der Waals surface area contributed by atoms with E-state index < -0.39 is 71.1 Å². The molecule has 4 aromatic rings. The number of carbonyl (C=O) groups excluding carboxylic acids is 3. The Kier molecular flexibility index (Phi) is 18.6. The van der Waals surface area contributed by atoms with Gasteiger partial charge in [0.1, 0.15) is 34.9 Å². The van der Waals surface area contributed by atoms with Crippen molar-refractivity contribution in [1.82, 2.24) is 20.9 Å². The van der Waals surface area contributed by atoms with Gasteiger partial charge in [0, 0.05) is 36.4 Å². The van der Waals surface area contributed by atoms with E-state index in [1.54, 1.807) is 68.5 Å². The molecule has 0 spiro atoms. The molecule has 0 aliphatic carbocycles. The Morgan fingerprint density at radius 3 is 1.15 bits per heavy atom. The number of para-hydroxylation sites is 1. The number of H-pyrrole nitrogens is 1. The molecule has 0 saturated carbocycles. The average molecular weight is 835 g/mol. The number of nitrogens with one attached hydrogen (secondary N) is 4. The van der Waals surface area contributed by atoms with E-state index in [0.717, 1.165) is 27.6 Å². The maximum atomic E-state index is 11.8. The monoisotopic (exact) mass is 834 g/mol. The maximum Gasteiger partial charge on any atom is 0.408 e. The van der Waals surface area contributed by atoms with E-state index >= 15 is 0 Å². The first kappa shape index (κ1) is 49.6. The van der Waals surface area contributed by atoms with Crippen molar-refractivity contribution < 1.29 is 58.3 Å². The minimum atomic E-state index is -1.10. The number of carboxylic acids is 3. The van der Waals surface area contributed by atoms with Crippen molar-refractivity contribution in [3.63, 3.8) is 0 Å². The summed E-state index contributed by atoms with van der Waals surface area (Å²) in [6.07, 6.45) is 0.187. The summed E-state index contributed by atoms with van der Waals surface area (Å²) >= 11 is 0. The number of hydrogen-bond donors (Lipinski definition) is 7. The van der Waals surface area contributed by atoms with Gasteiger partial charge in [-0.15, -0.1) is 0 Å². The van der Waals surface area contributed by atoms with Crippen LogP contribution in [-0.4, -0.2) is 91.4 Å². The molecule has 0 saturated heterocycles. The molecule has 326 valence electrons. The van der Waals surface area contributed by atoms with Crippen LogP contribution in [0.1, 0.15) is 79.0 Å². The predicted molar refractivity (Wildman–Crippen MR) is 225 cm³/mol. The summed E-state index contributed by atoms with van der Waals surface area (Å²) in [5.74, 6) is -3.28. The molecule has 3 amide bonds. The first-order valence-electron chi connectivity index (χ1n) is 19.1. The van der Waals surface area contributed by atoms with Crippen molar-refractivity contribution in [3.8, 4) is 0 Å². The van der Waals surface area contributed by atoms with Gasteiger partial charge in [0.05, 0.1) is 0 Å². The van der Waals surface area contributed by atoms with Crippen LogP contribution >= 0.6 is 0 Å². The molecule has 0 bridgehead atoms. The Bertz CT molecular complexity index is 1930. The third-order valence-corrected chi connectivity index (χ3v) is 7.63. The van der Waals surface area contributed by atoms with Gasteiger partial charge < -0.3 is 50.5 Å². The second-order valence-electron chi connectivity index (χ2n) is 16.6. The number of aliphatic carboxylic acids is 3. The van der Waals surface area contributed by atoms with Crippen molar-refractivity contribution in [1.29, 1.82) is 0 Å². The van der Waals surface area contributed by atoms with Crippen LogP contribution in [0, 0.1) is 0 Å². The predicted octanol–water partition coefficient (Wildman–Crippen LogP) is 7.10. The van der Waals surface area contributed by atoms with E-state index in [1.165, 1.54) is 0 Å². The quantitative estimate of drug-likeness (QED) is 0.0707. The average Bonchev–Trinajstić information content (AvgIpc) is 3.52. The highest BCUT2D eigenvalue weighted by Gasteiger charge is 2.27. The van der Waals surface area contributed by atoms with Crippen molar-refractivity contribution in [3.05, 3.63) is 108 Å². The lowest BCUT2D eigenvalue weighted by Gasteiger charge is -2.22. The van der Waals surface area contributed by atoms with E-state index in [1.807, 2.05) is 84.9 Å². The minimum Gasteiger partial charge on any atom is -0.480 e. The Hall–Kier alpha value is -6.58. The van der Waals surface area contributed by atoms with Crippen LogP contribution in [0.15, 0.2) is 91.1 Å². The summed E-state index contributed by atoms with van der Waals surface area (Å²) < 4.78 is 15.2. The smallest absolute Gasteiger partial charge is 0.408 e. The molecule has 0 radical (unpaired) electrons. The first-order chi connectivity index (χ1) is 27.8. The molecule has 16 nitrogen and oxygen atoms in total. The number of ether oxygens (including phenoxy) is 3. The van der Waals surface area contributed by atoms with E-state index in [9.17, 15) is 33.9 Å². The molecule has 3 atom stereocenters. The number of carbonyl (C=O) groups is 6. The van der Waals surface area contributed by atoms with Crippen molar-refractivity contribution >= 4 is 47.1 Å². The Balaban J connectivity index is 0.000000312. The molecule has 0 aliphatic heterocycles. The SMILES string of the molecule is CC(C)(C)OC(=O)N[C@@H](Cc1ccccc1)C(=O)O.CC(C)(C)OC(=O)N[C@@H](Cc1ccccc1)C(=O)O.CC(C)(C)OC(=O)N[C@H](Cc1c[nH]c2ccccc12)C(=O)O. The van der Waals surface area contributed by atoms with E-state index in [4.69, 9.17) is 24.4 Å². The number of aromatic nitrogens is 1. The normalized spacial score (nSPS) is 12.7. The molecule has 0 fully saturated rings. The zero-order valence-corrected chi connectivity index (χ0v) is 35.5. The van der Waals surface area contributed by atoms with Gasteiger partial charge in [-0.2, -0.15) is 0 Å². The number of hydrogen-bond acceptors (Lipinski definition) is 9. The number of rotatable bonds is 12. The third kappa shape index (κ3) is 20.2. The zero-order chi connectivity index (χ0) is 45.3. The lowest BCUT2D eigenvalue weighted by molar-refractivity contribution is -0.140. The summed E-state index contributed by atoms with van der Waals surface area (Å²) in [7, 11) is 0. The number of alkyl carbamates (subject to hydrolysis) is 3. The lowest BCUT2D eigenvalue weighted by atomic mass is 10.1. The number of fused-ring (bicyclic) bond motifs is 1. The van der Waals surface area contributed by atoms with Gasteiger partial charge in [0.25, 0.3) is 0 Å². The van der Waals surface area contributed by atoms with Crippen LogP contribution in [0.5, 0.6) is 0 Å². The molecule has 60 heavy (non-hydrogen) atoms. The van der Waals surface area contributed by atoms with E-state index in [0.29, 0.717) is 0 Å². The van der Waals surface area contributed by atoms with Crippen LogP contribution in [0.25, 0.3) is 10.9 Å². The summed E-state index contributed by atoms with van der Waals surface area (Å²) in [6, 6.07) is 22.8. The van der Waals surface area contributed by atoms with Gasteiger partial charge in [0.2, 0.25) is 0 Å². The standard InChI is InChI=1S/C16H20N2O4.2C14H19NO4/c1-16(2,3)22-15(21)18-13(14(19)20)8-10-9-17-12-7-5-4-6-11(10)12;2*1-14(2,3)19-13(18)15-11(12(16)17)9-10-7-5-4-6-8-10/h4-7,9,13,17H,8H2,1-3H3,(H,18,21)(H,19,20);2*4-8,11H,9H2,1-3H3,(H,15,18)(H,16,17)/t13-;2*11-/m100/s1. The first-order valence-corrected chi connectivity index (χ1v) is 19.1. The van der Waals surface area contributed by atoms with E-state index in [2.05, 4.69) is 20.9 Å². The van der Waals surface area contributed by atoms with Crippen molar-refractivity contribution in [2.24, 2.45) is 0 Å². The largest absolute Gasteiger partial charge is 0.480 e. The molecular formula is C44H58N4O12. The summed E-state index contributed by atoms with van der Waals surface area (Å²) in [6.45, 7) is 15.5. The maximum absolute atomic E-state index is 11.8. The van der Waals surface area contributed by atoms with Gasteiger partial charge in [-0.05, 0) is 85.1 Å². The van der Waals surface area contributed by atoms with Gasteiger partial charge in [0.15, 0.2) is 0 Å². The van der Waals surface area contributed by atoms with Crippen molar-refractivity contribution in [2.45, 2.75) is 117 Å². The van der Waals surface area contributed by atoms with Crippen LogP contribution < -0.4 is 16.0 Å². The third-order valence-electron chi connectivity index (χ3n) is 7.63. The molecule has 1 aromatic heterocycles. The number of carboxylic acid groups (broad SMARTS) is 3. The topological polar surface area (TPSA) is 243 Å². The van der Waals surface area contributed by atoms with Crippen LogP contribution in [0.2, 0.25) is 0 Å². The number of benzene rings is 3.